The Morgan fingerprint density at radius 3 is 2.80 bits per heavy atom. The minimum absolute atomic E-state index is 0.119. The molecular weight excluding hydrogens is 380 g/mol. The number of carbonyl (C=O) groups is 1. The van der Waals surface area contributed by atoms with Gasteiger partial charge in [0, 0.05) is 25.2 Å². The molecule has 4 unspecified atom stereocenters. The minimum atomic E-state index is -0.134. The number of pyridine rings is 1. The lowest BCUT2D eigenvalue weighted by Crippen LogP contribution is -2.56. The molecule has 1 aromatic carbocycles. The average molecular weight is 406 g/mol. The molecule has 0 spiro atoms. The van der Waals surface area contributed by atoms with E-state index in [0.29, 0.717) is 12.3 Å². The van der Waals surface area contributed by atoms with Crippen LogP contribution in [0.4, 0.5) is 0 Å². The molecule has 30 heavy (non-hydrogen) atoms. The van der Waals surface area contributed by atoms with Crippen LogP contribution in [0.3, 0.4) is 0 Å². The lowest BCUT2D eigenvalue weighted by atomic mass is 9.71. The van der Waals surface area contributed by atoms with Gasteiger partial charge in [-0.05, 0) is 42.7 Å². The van der Waals surface area contributed by atoms with Crippen LogP contribution in [-0.4, -0.2) is 48.3 Å². The Kier molecular flexibility index (Phi) is 5.27. The Morgan fingerprint density at radius 2 is 2.03 bits per heavy atom. The number of nitrogens with zero attached hydrogens (tertiary/aromatic N) is 2. The lowest BCUT2D eigenvalue weighted by molar-refractivity contribution is -0.171. The molecule has 0 amide bonds. The highest BCUT2D eigenvalue weighted by Crippen LogP contribution is 2.42. The predicted octanol–water partition coefficient (Wildman–Crippen LogP) is 3.28. The number of fused-ring (bicyclic) bond motifs is 3. The molecule has 0 N–H and O–H groups in total. The molecule has 5 rings (SSSR count). The molecule has 3 aliphatic rings. The monoisotopic (exact) mass is 406 g/mol. The molecule has 6 heteroatoms. The molecule has 3 heterocycles. The summed E-state index contributed by atoms with van der Waals surface area (Å²) in [4.78, 5) is 20.0. The van der Waals surface area contributed by atoms with E-state index in [9.17, 15) is 4.79 Å². The zero-order chi connectivity index (χ0) is 20.5. The van der Waals surface area contributed by atoms with Crippen LogP contribution in [0.5, 0.6) is 5.75 Å². The zero-order valence-corrected chi connectivity index (χ0v) is 17.1. The van der Waals surface area contributed by atoms with Crippen molar-refractivity contribution >= 4 is 11.4 Å². The van der Waals surface area contributed by atoms with Gasteiger partial charge in [-0.1, -0.05) is 18.2 Å². The average Bonchev–Trinajstić information content (AvgIpc) is 2.80. The highest BCUT2D eigenvalue weighted by Gasteiger charge is 2.49. The maximum absolute atomic E-state index is 13.3. The van der Waals surface area contributed by atoms with Gasteiger partial charge in [0.05, 0.1) is 43.4 Å². The quantitative estimate of drug-likeness (QED) is 0.777. The second kappa shape index (κ2) is 8.20. The standard InChI is InChI=1S/C24H26N2O4/c1-28-18-7-5-16(6-8-18)21-14-29-24-19(23(21)27)9-10-22-20(24)13-26(15-30-22)12-17-4-2-3-11-25-17/h2-8,11,14,19-20,22,24H,9-10,12-13,15H2,1H3. The van der Waals surface area contributed by atoms with Gasteiger partial charge in [0.1, 0.15) is 11.9 Å². The third kappa shape index (κ3) is 3.61. The predicted molar refractivity (Wildman–Crippen MR) is 111 cm³/mol. The Labute approximate surface area is 176 Å². The molecule has 1 aromatic heterocycles. The number of methoxy groups -OCH3 is 1. The summed E-state index contributed by atoms with van der Waals surface area (Å²) < 4.78 is 17.6. The molecule has 1 saturated heterocycles. The third-order valence-corrected chi connectivity index (χ3v) is 6.46. The van der Waals surface area contributed by atoms with Crippen LogP contribution in [0.1, 0.15) is 24.1 Å². The van der Waals surface area contributed by atoms with Crippen molar-refractivity contribution in [2.45, 2.75) is 31.6 Å². The topological polar surface area (TPSA) is 60.9 Å². The summed E-state index contributed by atoms with van der Waals surface area (Å²) >= 11 is 0. The van der Waals surface area contributed by atoms with Crippen molar-refractivity contribution in [3.8, 4) is 5.75 Å². The van der Waals surface area contributed by atoms with E-state index in [2.05, 4.69) is 9.88 Å². The van der Waals surface area contributed by atoms with Crippen LogP contribution in [0.2, 0.25) is 0 Å². The van der Waals surface area contributed by atoms with Gasteiger partial charge < -0.3 is 14.2 Å². The molecule has 2 aliphatic heterocycles. The van der Waals surface area contributed by atoms with Crippen molar-refractivity contribution in [3.05, 3.63) is 66.2 Å². The Bertz CT molecular complexity index is 928. The number of hydrogen-bond acceptors (Lipinski definition) is 6. The van der Waals surface area contributed by atoms with Crippen LogP contribution in [-0.2, 0) is 20.8 Å². The Balaban J connectivity index is 1.33. The van der Waals surface area contributed by atoms with Crippen LogP contribution in [0, 0.1) is 11.8 Å². The van der Waals surface area contributed by atoms with Gasteiger partial charge in [-0.15, -0.1) is 0 Å². The molecule has 1 saturated carbocycles. The zero-order valence-electron chi connectivity index (χ0n) is 17.1. The number of Topliss-reactive ketones (excluding diaryl/α,β-unsaturated/α-hetero) is 1. The van der Waals surface area contributed by atoms with Crippen LogP contribution in [0.25, 0.3) is 5.57 Å². The normalized spacial score (nSPS) is 28.7. The number of aromatic nitrogens is 1. The second-order valence-electron chi connectivity index (χ2n) is 8.24. The summed E-state index contributed by atoms with van der Waals surface area (Å²) in [6.45, 7) is 2.18. The molecular formula is C24H26N2O4. The smallest absolute Gasteiger partial charge is 0.173 e. The van der Waals surface area contributed by atoms with Crippen LogP contribution < -0.4 is 4.74 Å². The summed E-state index contributed by atoms with van der Waals surface area (Å²) in [5, 5.41) is 0. The Morgan fingerprint density at radius 1 is 1.17 bits per heavy atom. The lowest BCUT2D eigenvalue weighted by Gasteiger charge is -2.48. The summed E-state index contributed by atoms with van der Waals surface area (Å²) in [6, 6.07) is 13.5. The second-order valence-corrected chi connectivity index (χ2v) is 8.24. The van der Waals surface area contributed by atoms with Gasteiger partial charge in [0.15, 0.2) is 5.78 Å². The van der Waals surface area contributed by atoms with Crippen molar-refractivity contribution in [2.24, 2.45) is 11.8 Å². The van der Waals surface area contributed by atoms with Crippen molar-refractivity contribution in [2.75, 3.05) is 20.4 Å². The van der Waals surface area contributed by atoms with Crippen molar-refractivity contribution in [1.29, 1.82) is 0 Å². The number of carbonyl (C=O) groups excluding carboxylic acids is 1. The Hall–Kier alpha value is -2.70. The van der Waals surface area contributed by atoms with Gasteiger partial charge in [-0.3, -0.25) is 14.7 Å². The first kappa shape index (κ1) is 19.3. The van der Waals surface area contributed by atoms with Gasteiger partial charge in [-0.25, -0.2) is 0 Å². The molecule has 0 radical (unpaired) electrons. The molecule has 2 fully saturated rings. The van der Waals surface area contributed by atoms with E-state index in [0.717, 1.165) is 42.9 Å². The number of benzene rings is 1. The van der Waals surface area contributed by atoms with Gasteiger partial charge in [-0.2, -0.15) is 0 Å². The van der Waals surface area contributed by atoms with Gasteiger partial charge in [0.2, 0.25) is 0 Å². The van der Waals surface area contributed by atoms with Crippen LogP contribution >= 0.6 is 0 Å². The minimum Gasteiger partial charge on any atom is -0.497 e. The molecule has 1 aliphatic carbocycles. The summed E-state index contributed by atoms with van der Waals surface area (Å²) in [5.41, 5.74) is 2.55. The van der Waals surface area contributed by atoms with E-state index in [-0.39, 0.29) is 29.8 Å². The number of ketones is 1. The van der Waals surface area contributed by atoms with Gasteiger partial charge >= 0.3 is 0 Å². The fourth-order valence-electron chi connectivity index (χ4n) is 4.90. The molecule has 0 bridgehead atoms. The molecule has 2 aromatic rings. The SMILES string of the molecule is COc1ccc(C2=COC3C(CCC4OCN(Cc5ccccn5)CC43)C2=O)cc1. The summed E-state index contributed by atoms with van der Waals surface area (Å²) in [6.07, 6.45) is 5.19. The molecule has 6 nitrogen and oxygen atoms in total. The van der Waals surface area contributed by atoms with E-state index in [1.54, 1.807) is 13.4 Å². The summed E-state index contributed by atoms with van der Waals surface area (Å²) in [5.74, 6) is 1.01. The van der Waals surface area contributed by atoms with Crippen molar-refractivity contribution in [3.63, 3.8) is 0 Å². The van der Waals surface area contributed by atoms with Crippen molar-refractivity contribution in [1.82, 2.24) is 9.88 Å². The number of ether oxygens (including phenoxy) is 3. The first-order valence-electron chi connectivity index (χ1n) is 10.5. The van der Waals surface area contributed by atoms with E-state index in [1.807, 2.05) is 48.7 Å². The number of hydrogen-bond donors (Lipinski definition) is 0. The number of rotatable bonds is 4. The van der Waals surface area contributed by atoms with Gasteiger partial charge in [0.25, 0.3) is 0 Å². The fraction of sp³-hybridized carbons (Fsp3) is 0.417. The largest absolute Gasteiger partial charge is 0.497 e. The summed E-state index contributed by atoms with van der Waals surface area (Å²) in [7, 11) is 1.63. The maximum Gasteiger partial charge on any atom is 0.173 e. The van der Waals surface area contributed by atoms with Crippen LogP contribution in [0.15, 0.2) is 54.9 Å². The first-order chi connectivity index (χ1) is 14.7. The molecule has 156 valence electrons. The van der Waals surface area contributed by atoms with Crippen molar-refractivity contribution < 1.29 is 19.0 Å². The van der Waals surface area contributed by atoms with E-state index in [1.165, 1.54) is 0 Å². The van der Waals surface area contributed by atoms with E-state index in [4.69, 9.17) is 14.2 Å². The fourth-order valence-corrected chi connectivity index (χ4v) is 4.90. The van der Waals surface area contributed by atoms with E-state index < -0.39 is 0 Å². The highest BCUT2D eigenvalue weighted by atomic mass is 16.5. The first-order valence-corrected chi connectivity index (χ1v) is 10.5. The molecule has 4 atom stereocenters. The highest BCUT2D eigenvalue weighted by molar-refractivity contribution is 6.22. The third-order valence-electron chi connectivity index (χ3n) is 6.46. The number of allylic oxidation sites excluding steroid dienone is 1. The van der Waals surface area contributed by atoms with E-state index >= 15 is 0 Å². The maximum atomic E-state index is 13.3.